The van der Waals surface area contributed by atoms with Gasteiger partial charge in [-0.3, -0.25) is 4.40 Å². The molecule has 0 aliphatic carbocycles. The van der Waals surface area contributed by atoms with Crippen molar-refractivity contribution in [1.29, 1.82) is 0 Å². The number of pyridine rings is 1. The zero-order chi connectivity index (χ0) is 16.5. The van der Waals surface area contributed by atoms with Gasteiger partial charge in [0.1, 0.15) is 5.82 Å². The molecule has 0 bridgehead atoms. The molecular formula is C20H16N2O2. The first-order valence-corrected chi connectivity index (χ1v) is 7.92. The lowest BCUT2D eigenvalue weighted by atomic mass is 10.0. The quantitative estimate of drug-likeness (QED) is 0.528. The van der Waals surface area contributed by atoms with Gasteiger partial charge < -0.3 is 4.74 Å². The first-order valence-electron chi connectivity index (χ1n) is 7.92. The number of aromatic nitrogens is 2. The molecule has 2 aromatic carbocycles. The highest BCUT2D eigenvalue weighted by Gasteiger charge is 2.20. The Kier molecular flexibility index (Phi) is 3.50. The fourth-order valence-electron chi connectivity index (χ4n) is 3.00. The second-order valence-corrected chi connectivity index (χ2v) is 5.49. The molecule has 0 saturated carbocycles. The molecule has 4 heteroatoms. The maximum Gasteiger partial charge on any atom is 0.359 e. The Morgan fingerprint density at radius 3 is 2.71 bits per heavy atom. The van der Waals surface area contributed by atoms with Crippen molar-refractivity contribution >= 4 is 22.3 Å². The number of hydrogen-bond acceptors (Lipinski definition) is 3. The van der Waals surface area contributed by atoms with Crippen LogP contribution in [0.25, 0.3) is 27.7 Å². The minimum absolute atomic E-state index is 0.328. The van der Waals surface area contributed by atoms with Crippen molar-refractivity contribution in [2.45, 2.75) is 6.92 Å². The summed E-state index contributed by atoms with van der Waals surface area (Å²) in [4.78, 5) is 16.9. The van der Waals surface area contributed by atoms with Gasteiger partial charge in [-0.2, -0.15) is 0 Å². The third kappa shape index (κ3) is 2.24. The van der Waals surface area contributed by atoms with Crippen molar-refractivity contribution in [1.82, 2.24) is 9.38 Å². The van der Waals surface area contributed by atoms with E-state index in [-0.39, 0.29) is 0 Å². The Bertz CT molecular complexity index is 1040. The summed E-state index contributed by atoms with van der Waals surface area (Å²) in [6.45, 7) is 2.12. The molecule has 0 saturated heterocycles. The van der Waals surface area contributed by atoms with Gasteiger partial charge in [0.25, 0.3) is 0 Å². The van der Waals surface area contributed by atoms with E-state index in [0.29, 0.717) is 12.3 Å². The van der Waals surface area contributed by atoms with Crippen molar-refractivity contribution in [3.63, 3.8) is 0 Å². The fraction of sp³-hybridized carbons (Fsp3) is 0.100. The summed E-state index contributed by atoms with van der Waals surface area (Å²) in [5, 5.41) is 2.24. The number of nitrogens with zero attached hydrogens (tertiary/aromatic N) is 2. The number of carbonyl (C=O) groups excluding carboxylic acids is 1. The summed E-state index contributed by atoms with van der Waals surface area (Å²) in [5.74, 6) is 0.345. The predicted molar refractivity (Wildman–Crippen MR) is 94.1 cm³/mol. The number of rotatable bonds is 3. The SMILES string of the molecule is CCOC(=O)c1nc(-c2cccc3ccccc23)n2ccccc12. The van der Waals surface area contributed by atoms with E-state index in [1.54, 1.807) is 6.92 Å². The van der Waals surface area contributed by atoms with E-state index >= 15 is 0 Å². The molecule has 4 nitrogen and oxygen atoms in total. The van der Waals surface area contributed by atoms with Gasteiger partial charge >= 0.3 is 5.97 Å². The number of fused-ring (bicyclic) bond motifs is 2. The lowest BCUT2D eigenvalue weighted by Gasteiger charge is -2.05. The van der Waals surface area contributed by atoms with Crippen LogP contribution in [0.2, 0.25) is 0 Å². The minimum atomic E-state index is -0.396. The van der Waals surface area contributed by atoms with Crippen molar-refractivity contribution in [3.05, 3.63) is 72.6 Å². The average Bonchev–Trinajstić information content (AvgIpc) is 3.01. The van der Waals surface area contributed by atoms with E-state index in [1.165, 1.54) is 0 Å². The van der Waals surface area contributed by atoms with Crippen LogP contribution in [0, 0.1) is 0 Å². The highest BCUT2D eigenvalue weighted by atomic mass is 16.5. The number of benzene rings is 2. The Balaban J connectivity index is 2.02. The van der Waals surface area contributed by atoms with Crippen LogP contribution < -0.4 is 0 Å². The van der Waals surface area contributed by atoms with Crippen LogP contribution in [0.3, 0.4) is 0 Å². The summed E-state index contributed by atoms with van der Waals surface area (Å²) in [7, 11) is 0. The zero-order valence-electron chi connectivity index (χ0n) is 13.3. The van der Waals surface area contributed by atoms with E-state index in [0.717, 1.165) is 27.7 Å². The smallest absolute Gasteiger partial charge is 0.359 e. The molecule has 118 valence electrons. The number of imidazole rings is 1. The minimum Gasteiger partial charge on any atom is -0.461 e. The van der Waals surface area contributed by atoms with Gasteiger partial charge in [0, 0.05) is 11.8 Å². The lowest BCUT2D eigenvalue weighted by molar-refractivity contribution is 0.0522. The first-order chi connectivity index (χ1) is 11.8. The number of carbonyl (C=O) groups is 1. The summed E-state index contributed by atoms with van der Waals surface area (Å²) in [6, 6.07) is 20.0. The first kappa shape index (κ1) is 14.5. The summed E-state index contributed by atoms with van der Waals surface area (Å²) in [5.41, 5.74) is 2.09. The van der Waals surface area contributed by atoms with Crippen molar-refractivity contribution in [3.8, 4) is 11.4 Å². The third-order valence-corrected chi connectivity index (χ3v) is 4.05. The maximum absolute atomic E-state index is 12.3. The normalized spacial score (nSPS) is 11.0. The molecule has 4 rings (SSSR count). The summed E-state index contributed by atoms with van der Waals surface area (Å²) < 4.78 is 7.10. The van der Waals surface area contributed by atoms with Crippen molar-refractivity contribution in [2.75, 3.05) is 6.61 Å². The Hall–Kier alpha value is -3.14. The molecule has 2 heterocycles. The summed E-state index contributed by atoms with van der Waals surface area (Å²) in [6.07, 6.45) is 1.92. The molecule has 0 aliphatic rings. The standard InChI is InChI=1S/C20H16N2O2/c1-2-24-20(23)18-17-12-5-6-13-22(17)19(21-18)16-11-7-9-14-8-3-4-10-15(14)16/h3-13H,2H2,1H3. The molecule has 2 aromatic heterocycles. The summed E-state index contributed by atoms with van der Waals surface area (Å²) >= 11 is 0. The van der Waals surface area contributed by atoms with Crippen molar-refractivity contribution < 1.29 is 9.53 Å². The van der Waals surface area contributed by atoms with Crippen LogP contribution in [-0.2, 0) is 4.74 Å². The molecular weight excluding hydrogens is 300 g/mol. The molecule has 0 N–H and O–H groups in total. The van der Waals surface area contributed by atoms with Gasteiger partial charge in [-0.05, 0) is 29.8 Å². The highest BCUT2D eigenvalue weighted by molar-refractivity contribution is 5.99. The van der Waals surface area contributed by atoms with Gasteiger partial charge in [-0.1, -0.05) is 48.5 Å². The Labute approximate surface area is 139 Å². The molecule has 24 heavy (non-hydrogen) atoms. The van der Waals surface area contributed by atoms with Gasteiger partial charge in [0.05, 0.1) is 12.1 Å². The van der Waals surface area contributed by atoms with E-state index < -0.39 is 5.97 Å². The maximum atomic E-state index is 12.3. The molecule has 4 aromatic rings. The predicted octanol–water partition coefficient (Wildman–Crippen LogP) is 4.33. The van der Waals surface area contributed by atoms with E-state index in [9.17, 15) is 4.79 Å². The third-order valence-electron chi connectivity index (χ3n) is 4.05. The van der Waals surface area contributed by atoms with Crippen LogP contribution in [0.4, 0.5) is 0 Å². The molecule has 0 radical (unpaired) electrons. The average molecular weight is 316 g/mol. The van der Waals surface area contributed by atoms with Crippen molar-refractivity contribution in [2.24, 2.45) is 0 Å². The molecule has 0 amide bonds. The molecule has 0 aliphatic heterocycles. The number of esters is 1. The highest BCUT2D eigenvalue weighted by Crippen LogP contribution is 2.29. The fourth-order valence-corrected chi connectivity index (χ4v) is 3.00. The van der Waals surface area contributed by atoms with Crippen LogP contribution >= 0.6 is 0 Å². The Morgan fingerprint density at radius 2 is 1.83 bits per heavy atom. The van der Waals surface area contributed by atoms with E-state index in [1.807, 2.05) is 53.1 Å². The van der Waals surface area contributed by atoms with Crippen LogP contribution in [-0.4, -0.2) is 22.0 Å². The number of ether oxygens (including phenoxy) is 1. The monoisotopic (exact) mass is 316 g/mol. The van der Waals surface area contributed by atoms with Crippen LogP contribution in [0.5, 0.6) is 0 Å². The molecule has 0 spiro atoms. The van der Waals surface area contributed by atoms with Gasteiger partial charge in [0.2, 0.25) is 0 Å². The van der Waals surface area contributed by atoms with Crippen LogP contribution in [0.1, 0.15) is 17.4 Å². The number of hydrogen-bond donors (Lipinski definition) is 0. The largest absolute Gasteiger partial charge is 0.461 e. The van der Waals surface area contributed by atoms with E-state index in [4.69, 9.17) is 4.74 Å². The lowest BCUT2D eigenvalue weighted by Crippen LogP contribution is -2.05. The molecule has 0 unspecified atom stereocenters. The van der Waals surface area contributed by atoms with Gasteiger partial charge in [-0.15, -0.1) is 0 Å². The van der Waals surface area contributed by atoms with Gasteiger partial charge in [0.15, 0.2) is 5.69 Å². The Morgan fingerprint density at radius 1 is 1.04 bits per heavy atom. The zero-order valence-corrected chi connectivity index (χ0v) is 13.3. The van der Waals surface area contributed by atoms with Gasteiger partial charge in [-0.25, -0.2) is 9.78 Å². The molecule has 0 atom stereocenters. The topological polar surface area (TPSA) is 43.6 Å². The van der Waals surface area contributed by atoms with E-state index in [2.05, 4.69) is 23.2 Å². The second kappa shape index (κ2) is 5.81. The second-order valence-electron chi connectivity index (χ2n) is 5.49. The van der Waals surface area contributed by atoms with Crippen LogP contribution in [0.15, 0.2) is 66.9 Å². The molecule has 0 fully saturated rings.